The number of hydrogen-bond donors (Lipinski definition) is 1. The molecule has 2 aromatic rings. The van der Waals surface area contributed by atoms with Crippen LogP contribution in [0, 0.1) is 11.6 Å². The first-order valence-corrected chi connectivity index (χ1v) is 8.46. The molecule has 1 aromatic heterocycles. The zero-order valence-electron chi connectivity index (χ0n) is 12.9. The molecule has 1 aliphatic heterocycles. The first-order valence-electron chi connectivity index (χ1n) is 7.48. The number of benzene rings is 1. The van der Waals surface area contributed by atoms with E-state index in [-0.39, 0.29) is 23.7 Å². The van der Waals surface area contributed by atoms with Crippen molar-refractivity contribution in [1.82, 2.24) is 9.55 Å². The van der Waals surface area contributed by atoms with Crippen LogP contribution in [-0.2, 0) is 11.2 Å². The Labute approximate surface area is 141 Å². The third-order valence-electron chi connectivity index (χ3n) is 3.73. The van der Waals surface area contributed by atoms with Crippen LogP contribution in [0.3, 0.4) is 0 Å². The lowest BCUT2D eigenvalue weighted by Gasteiger charge is -2.13. The van der Waals surface area contributed by atoms with E-state index in [1.807, 2.05) is 6.92 Å². The number of fused-ring (bicyclic) bond motifs is 1. The van der Waals surface area contributed by atoms with E-state index in [9.17, 15) is 18.4 Å². The number of aryl methyl sites for hydroxylation is 1. The summed E-state index contributed by atoms with van der Waals surface area (Å²) < 4.78 is 28.0. The van der Waals surface area contributed by atoms with Gasteiger partial charge in [-0.3, -0.25) is 14.2 Å². The molecular formula is C16H15F2N3O2S. The van der Waals surface area contributed by atoms with Crippen molar-refractivity contribution in [3.8, 4) is 0 Å². The lowest BCUT2D eigenvalue weighted by Crippen LogP contribution is -2.27. The molecule has 0 spiro atoms. The second kappa shape index (κ2) is 6.72. The van der Waals surface area contributed by atoms with E-state index in [2.05, 4.69) is 10.3 Å². The highest BCUT2D eigenvalue weighted by Crippen LogP contribution is 2.32. The van der Waals surface area contributed by atoms with Crippen LogP contribution in [0.5, 0.6) is 0 Å². The van der Waals surface area contributed by atoms with Crippen LogP contribution in [-0.4, -0.2) is 21.2 Å². The number of aromatic nitrogens is 2. The third kappa shape index (κ3) is 3.33. The van der Waals surface area contributed by atoms with E-state index in [1.54, 1.807) is 0 Å². The molecular weight excluding hydrogens is 336 g/mol. The van der Waals surface area contributed by atoms with Gasteiger partial charge < -0.3 is 5.32 Å². The maximum Gasteiger partial charge on any atom is 0.254 e. The zero-order valence-corrected chi connectivity index (χ0v) is 13.7. The molecule has 5 nitrogen and oxygen atoms in total. The van der Waals surface area contributed by atoms with Crippen molar-refractivity contribution in [3.05, 3.63) is 51.9 Å². The maximum atomic E-state index is 13.6. The third-order valence-corrected chi connectivity index (χ3v) is 4.83. The lowest BCUT2D eigenvalue weighted by molar-refractivity contribution is -0.116. The molecule has 1 aromatic carbocycles. The highest BCUT2D eigenvalue weighted by molar-refractivity contribution is 7.99. The fraction of sp³-hybridized carbons (Fsp3) is 0.312. The molecule has 0 fully saturated rings. The van der Waals surface area contributed by atoms with Gasteiger partial charge in [0.1, 0.15) is 11.6 Å². The van der Waals surface area contributed by atoms with Crippen molar-refractivity contribution < 1.29 is 13.6 Å². The molecule has 1 amide bonds. The molecule has 0 radical (unpaired) electrons. The molecule has 2 heterocycles. The smallest absolute Gasteiger partial charge is 0.254 e. The maximum absolute atomic E-state index is 13.6. The summed E-state index contributed by atoms with van der Waals surface area (Å²) in [7, 11) is 0. The molecule has 3 rings (SSSR count). The van der Waals surface area contributed by atoms with E-state index in [4.69, 9.17) is 0 Å². The minimum Gasteiger partial charge on any atom is -0.324 e. The Morgan fingerprint density at radius 1 is 1.42 bits per heavy atom. The van der Waals surface area contributed by atoms with Gasteiger partial charge >= 0.3 is 0 Å². The summed E-state index contributed by atoms with van der Waals surface area (Å²) >= 11 is 1.42. The monoisotopic (exact) mass is 351 g/mol. The summed E-state index contributed by atoms with van der Waals surface area (Å²) in [5.74, 6) is -1.44. The van der Waals surface area contributed by atoms with E-state index in [1.165, 1.54) is 28.5 Å². The number of nitrogens with one attached hydrogen (secondary N) is 1. The van der Waals surface area contributed by atoms with E-state index in [0.717, 1.165) is 11.8 Å². The average Bonchev–Trinajstić information content (AvgIpc) is 2.93. The Morgan fingerprint density at radius 3 is 2.92 bits per heavy atom. The second-order valence-electron chi connectivity index (χ2n) is 5.43. The van der Waals surface area contributed by atoms with Crippen molar-refractivity contribution >= 4 is 23.4 Å². The summed E-state index contributed by atoms with van der Waals surface area (Å²) in [6.07, 6.45) is 0.683. The van der Waals surface area contributed by atoms with Gasteiger partial charge in [-0.15, -0.1) is 0 Å². The number of hydrogen-bond acceptors (Lipinski definition) is 4. The standard InChI is InChI=1S/C16H15F2N3O2S/c1-2-10-6-15(23)21-11(8-24-16(21)19-10)7-14(22)20-13-4-3-9(17)5-12(13)18/h3-6,11H,2,7-8H2,1H3,(H,20,22). The van der Waals surface area contributed by atoms with Crippen molar-refractivity contribution in [1.29, 1.82) is 0 Å². The van der Waals surface area contributed by atoms with Gasteiger partial charge in [0.15, 0.2) is 5.16 Å². The minimum absolute atomic E-state index is 0.0177. The Morgan fingerprint density at radius 2 is 2.21 bits per heavy atom. The van der Waals surface area contributed by atoms with Crippen LogP contribution >= 0.6 is 11.8 Å². The molecule has 8 heteroatoms. The first-order chi connectivity index (χ1) is 11.5. The first kappa shape index (κ1) is 16.6. The SMILES string of the molecule is CCc1cc(=O)n2c(n1)SCC2CC(=O)Nc1ccc(F)cc1F. The summed E-state index contributed by atoms with van der Waals surface area (Å²) in [4.78, 5) is 28.7. The van der Waals surface area contributed by atoms with Crippen LogP contribution in [0.15, 0.2) is 34.2 Å². The fourth-order valence-corrected chi connectivity index (χ4v) is 3.70. The second-order valence-corrected chi connectivity index (χ2v) is 6.42. The van der Waals surface area contributed by atoms with Gasteiger partial charge in [0, 0.05) is 30.0 Å². The number of nitrogens with zero attached hydrogens (tertiary/aromatic N) is 2. The van der Waals surface area contributed by atoms with Crippen molar-refractivity contribution in [3.63, 3.8) is 0 Å². The normalized spacial score (nSPS) is 16.0. The van der Waals surface area contributed by atoms with Crippen LogP contribution in [0.1, 0.15) is 25.1 Å². The Bertz CT molecular complexity index is 854. The molecule has 0 bridgehead atoms. The van der Waals surface area contributed by atoms with Gasteiger partial charge in [0.2, 0.25) is 5.91 Å². The molecule has 0 saturated heterocycles. The van der Waals surface area contributed by atoms with E-state index < -0.39 is 17.5 Å². The topological polar surface area (TPSA) is 64.0 Å². The number of amides is 1. The van der Waals surface area contributed by atoms with Gasteiger partial charge in [-0.05, 0) is 18.6 Å². The molecule has 24 heavy (non-hydrogen) atoms. The molecule has 1 atom stereocenters. The van der Waals surface area contributed by atoms with Gasteiger partial charge in [-0.25, -0.2) is 13.8 Å². The van der Waals surface area contributed by atoms with E-state index >= 15 is 0 Å². The highest BCUT2D eigenvalue weighted by Gasteiger charge is 2.27. The van der Waals surface area contributed by atoms with Crippen LogP contribution in [0.4, 0.5) is 14.5 Å². The predicted molar refractivity (Wildman–Crippen MR) is 87.2 cm³/mol. The summed E-state index contributed by atoms with van der Waals surface area (Å²) in [5, 5.41) is 3.01. The summed E-state index contributed by atoms with van der Waals surface area (Å²) in [6, 6.07) is 4.08. The molecule has 1 N–H and O–H groups in total. The number of thioether (sulfide) groups is 1. The zero-order chi connectivity index (χ0) is 17.3. The van der Waals surface area contributed by atoms with Crippen LogP contribution < -0.4 is 10.9 Å². The Balaban J connectivity index is 1.74. The van der Waals surface area contributed by atoms with Crippen molar-refractivity contribution in [2.45, 2.75) is 31.0 Å². The molecule has 1 unspecified atom stereocenters. The van der Waals surface area contributed by atoms with Gasteiger partial charge in [0.05, 0.1) is 11.7 Å². The van der Waals surface area contributed by atoms with Crippen LogP contribution in [0.25, 0.3) is 0 Å². The average molecular weight is 351 g/mol. The molecule has 126 valence electrons. The summed E-state index contributed by atoms with van der Waals surface area (Å²) in [5.41, 5.74) is 0.448. The summed E-state index contributed by atoms with van der Waals surface area (Å²) in [6.45, 7) is 1.92. The highest BCUT2D eigenvalue weighted by atomic mass is 32.2. The minimum atomic E-state index is -0.837. The molecule has 0 aliphatic carbocycles. The Kier molecular flexibility index (Phi) is 4.66. The van der Waals surface area contributed by atoms with Crippen LogP contribution in [0.2, 0.25) is 0 Å². The van der Waals surface area contributed by atoms with Crippen molar-refractivity contribution in [2.75, 3.05) is 11.1 Å². The number of carbonyl (C=O) groups is 1. The quantitative estimate of drug-likeness (QED) is 0.861. The number of anilines is 1. The van der Waals surface area contributed by atoms with Gasteiger partial charge in [-0.2, -0.15) is 0 Å². The number of carbonyl (C=O) groups excluding carboxylic acids is 1. The molecule has 1 aliphatic rings. The van der Waals surface area contributed by atoms with Crippen molar-refractivity contribution in [2.24, 2.45) is 0 Å². The van der Waals surface area contributed by atoms with Gasteiger partial charge in [-0.1, -0.05) is 18.7 Å². The number of halogens is 2. The largest absolute Gasteiger partial charge is 0.324 e. The Hall–Kier alpha value is -2.22. The fourth-order valence-electron chi connectivity index (χ4n) is 2.54. The lowest BCUT2D eigenvalue weighted by atomic mass is 10.2. The predicted octanol–water partition coefficient (Wildman–Crippen LogP) is 2.76. The molecule has 0 saturated carbocycles. The van der Waals surface area contributed by atoms with Gasteiger partial charge in [0.25, 0.3) is 5.56 Å². The number of rotatable bonds is 4. The van der Waals surface area contributed by atoms with E-state index in [0.29, 0.717) is 23.4 Å².